The second kappa shape index (κ2) is 11.2. The first-order chi connectivity index (χ1) is 17.6. The Bertz CT molecular complexity index is 1410. The average molecular weight is 490 g/mol. The molecule has 176 valence electrons. The fraction of sp³-hybridized carbons (Fsp3) is 0.103. The van der Waals surface area contributed by atoms with Gasteiger partial charge in [-0.1, -0.05) is 85.4 Å². The molecule has 1 aromatic heterocycles. The van der Waals surface area contributed by atoms with Gasteiger partial charge in [-0.05, 0) is 36.2 Å². The minimum Gasteiger partial charge on any atom is -0.383 e. The Hall–Kier alpha value is -4.59. The molecule has 0 saturated heterocycles. The van der Waals surface area contributed by atoms with Crippen LogP contribution in [0.3, 0.4) is 0 Å². The molecule has 0 saturated carbocycles. The van der Waals surface area contributed by atoms with Crippen molar-refractivity contribution in [3.8, 4) is 23.3 Å². The van der Waals surface area contributed by atoms with Gasteiger partial charge >= 0.3 is 0 Å². The molecule has 1 atom stereocenters. The summed E-state index contributed by atoms with van der Waals surface area (Å²) in [6.07, 6.45) is 0.493. The number of nitrogens with zero attached hydrogens (tertiary/aromatic N) is 4. The van der Waals surface area contributed by atoms with Gasteiger partial charge < -0.3 is 5.73 Å². The maximum atomic E-state index is 14.0. The Balaban J connectivity index is 1.79. The molecule has 1 amide bonds. The van der Waals surface area contributed by atoms with E-state index in [-0.39, 0.29) is 22.9 Å². The molecular formula is C29H23N5OS. The van der Waals surface area contributed by atoms with E-state index >= 15 is 0 Å². The summed E-state index contributed by atoms with van der Waals surface area (Å²) in [5, 5.41) is 19.7. The minimum absolute atomic E-state index is 0.0307. The molecule has 0 bridgehead atoms. The Kier molecular flexibility index (Phi) is 7.65. The van der Waals surface area contributed by atoms with Crippen molar-refractivity contribution in [2.45, 2.75) is 23.6 Å². The first kappa shape index (κ1) is 24.5. The minimum atomic E-state index is -0.555. The van der Waals surface area contributed by atoms with Gasteiger partial charge in [-0.2, -0.15) is 10.5 Å². The van der Waals surface area contributed by atoms with Crippen molar-refractivity contribution in [1.29, 1.82) is 10.5 Å². The highest BCUT2D eigenvalue weighted by atomic mass is 32.2. The van der Waals surface area contributed by atoms with E-state index in [4.69, 9.17) is 5.73 Å². The lowest BCUT2D eigenvalue weighted by Crippen LogP contribution is -2.34. The molecule has 0 spiro atoms. The van der Waals surface area contributed by atoms with Crippen molar-refractivity contribution in [3.63, 3.8) is 0 Å². The van der Waals surface area contributed by atoms with Gasteiger partial charge in [0.2, 0.25) is 5.91 Å². The lowest BCUT2D eigenvalue weighted by molar-refractivity contribution is -0.117. The van der Waals surface area contributed by atoms with Crippen LogP contribution in [0.2, 0.25) is 0 Å². The third kappa shape index (κ3) is 4.93. The SMILES string of the molecule is CCC(Sc1nc(N)c(C#N)c(-c2ccccc2)c1C#N)C(=O)N(c1ccccc1)c1ccccc1. The first-order valence-corrected chi connectivity index (χ1v) is 12.3. The van der Waals surface area contributed by atoms with E-state index in [2.05, 4.69) is 17.1 Å². The number of hydrogen-bond acceptors (Lipinski definition) is 6. The van der Waals surface area contributed by atoms with Gasteiger partial charge in [0.05, 0.1) is 10.8 Å². The van der Waals surface area contributed by atoms with E-state index in [0.717, 1.165) is 11.4 Å². The molecular weight excluding hydrogens is 466 g/mol. The van der Waals surface area contributed by atoms with Gasteiger partial charge in [0.1, 0.15) is 28.5 Å². The standard InChI is InChI=1S/C29H23N5OS/c1-2-25(29(35)34(21-14-8-4-9-15-21)22-16-10-5-11-17-22)36-28-24(19-31)26(20-12-6-3-7-13-20)23(18-30)27(32)33-28/h3-17,25H,2H2,1H3,(H2,32,33). The van der Waals surface area contributed by atoms with Crippen molar-refractivity contribution in [2.24, 2.45) is 0 Å². The maximum Gasteiger partial charge on any atom is 0.245 e. The van der Waals surface area contributed by atoms with Crippen LogP contribution in [-0.4, -0.2) is 16.1 Å². The van der Waals surface area contributed by atoms with E-state index in [0.29, 0.717) is 22.6 Å². The van der Waals surface area contributed by atoms with Crippen molar-refractivity contribution in [1.82, 2.24) is 4.98 Å². The number of nitrogen functional groups attached to an aromatic ring is 1. The summed E-state index contributed by atoms with van der Waals surface area (Å²) in [4.78, 5) is 20.0. The zero-order valence-corrected chi connectivity index (χ0v) is 20.4. The number of para-hydroxylation sites is 2. The molecule has 2 N–H and O–H groups in total. The lowest BCUT2D eigenvalue weighted by atomic mass is 9.97. The number of aromatic nitrogens is 1. The van der Waals surface area contributed by atoms with Crippen LogP contribution in [0.25, 0.3) is 11.1 Å². The Morgan fingerprint density at radius 2 is 1.39 bits per heavy atom. The molecule has 0 aliphatic carbocycles. The molecule has 36 heavy (non-hydrogen) atoms. The fourth-order valence-corrected chi connectivity index (χ4v) is 4.98. The molecule has 1 unspecified atom stereocenters. The summed E-state index contributed by atoms with van der Waals surface area (Å²) in [7, 11) is 0. The third-order valence-corrected chi connectivity index (χ3v) is 6.97. The Morgan fingerprint density at radius 1 is 0.889 bits per heavy atom. The highest BCUT2D eigenvalue weighted by Crippen LogP contribution is 2.39. The normalized spacial score (nSPS) is 11.2. The summed E-state index contributed by atoms with van der Waals surface area (Å²) in [5.74, 6) is -0.113. The molecule has 0 aliphatic heterocycles. The maximum absolute atomic E-state index is 14.0. The van der Waals surface area contributed by atoms with Gasteiger partial charge in [-0.25, -0.2) is 4.98 Å². The van der Waals surface area contributed by atoms with Crippen LogP contribution in [0, 0.1) is 22.7 Å². The van der Waals surface area contributed by atoms with Gasteiger partial charge in [0.25, 0.3) is 0 Å². The van der Waals surface area contributed by atoms with E-state index in [1.807, 2.05) is 97.9 Å². The number of rotatable bonds is 7. The summed E-state index contributed by atoms with van der Waals surface area (Å²) in [5.41, 5.74) is 9.16. The number of pyridine rings is 1. The van der Waals surface area contributed by atoms with E-state index in [1.165, 1.54) is 11.8 Å². The number of anilines is 3. The van der Waals surface area contributed by atoms with E-state index in [1.54, 1.807) is 4.90 Å². The van der Waals surface area contributed by atoms with Gasteiger partial charge in [-0.3, -0.25) is 9.69 Å². The number of thioether (sulfide) groups is 1. The van der Waals surface area contributed by atoms with Gasteiger partial charge in [-0.15, -0.1) is 0 Å². The van der Waals surface area contributed by atoms with Crippen molar-refractivity contribution >= 4 is 34.9 Å². The predicted molar refractivity (Wildman–Crippen MR) is 143 cm³/mol. The van der Waals surface area contributed by atoms with E-state index in [9.17, 15) is 15.3 Å². The monoisotopic (exact) mass is 489 g/mol. The molecule has 7 heteroatoms. The Morgan fingerprint density at radius 3 is 1.86 bits per heavy atom. The van der Waals surface area contributed by atoms with Crippen LogP contribution in [-0.2, 0) is 4.79 Å². The largest absolute Gasteiger partial charge is 0.383 e. The van der Waals surface area contributed by atoms with Crippen molar-refractivity contribution < 1.29 is 4.79 Å². The average Bonchev–Trinajstić information content (AvgIpc) is 2.93. The quantitative estimate of drug-likeness (QED) is 0.305. The summed E-state index contributed by atoms with van der Waals surface area (Å²) < 4.78 is 0. The second-order valence-electron chi connectivity index (χ2n) is 7.88. The first-order valence-electron chi connectivity index (χ1n) is 11.4. The van der Waals surface area contributed by atoms with Crippen molar-refractivity contribution in [3.05, 3.63) is 102 Å². The molecule has 0 radical (unpaired) electrons. The molecule has 0 aliphatic rings. The van der Waals surface area contributed by atoms with Crippen LogP contribution in [0.4, 0.5) is 17.2 Å². The number of nitriles is 2. The van der Waals surface area contributed by atoms with Crippen LogP contribution in [0.1, 0.15) is 24.5 Å². The molecule has 6 nitrogen and oxygen atoms in total. The summed E-state index contributed by atoms with van der Waals surface area (Å²) in [6.45, 7) is 1.92. The smallest absolute Gasteiger partial charge is 0.245 e. The zero-order valence-electron chi connectivity index (χ0n) is 19.6. The number of nitrogens with two attached hydrogens (primary N) is 1. The molecule has 1 heterocycles. The summed E-state index contributed by atoms with van der Waals surface area (Å²) >= 11 is 1.19. The third-order valence-electron chi connectivity index (χ3n) is 5.63. The molecule has 3 aromatic carbocycles. The molecule has 4 aromatic rings. The number of hydrogen-bond donors (Lipinski definition) is 1. The van der Waals surface area contributed by atoms with Crippen molar-refractivity contribution in [2.75, 3.05) is 10.6 Å². The predicted octanol–water partition coefficient (Wildman–Crippen LogP) is 6.31. The summed E-state index contributed by atoms with van der Waals surface area (Å²) in [6, 6.07) is 32.3. The van der Waals surface area contributed by atoms with E-state index < -0.39 is 5.25 Å². The van der Waals surface area contributed by atoms with Gasteiger partial charge in [0, 0.05) is 16.9 Å². The lowest BCUT2D eigenvalue weighted by Gasteiger charge is -2.27. The highest BCUT2D eigenvalue weighted by molar-refractivity contribution is 8.00. The fourth-order valence-electron chi connectivity index (χ4n) is 3.92. The highest BCUT2D eigenvalue weighted by Gasteiger charge is 2.29. The molecule has 0 fully saturated rings. The van der Waals surface area contributed by atoms with Gasteiger partial charge in [0.15, 0.2) is 0 Å². The van der Waals surface area contributed by atoms with Crippen LogP contribution >= 0.6 is 11.8 Å². The number of carbonyl (C=O) groups is 1. The van der Waals surface area contributed by atoms with Crippen LogP contribution < -0.4 is 10.6 Å². The van der Waals surface area contributed by atoms with Crippen LogP contribution in [0.15, 0.2) is 96.0 Å². The second-order valence-corrected chi connectivity index (χ2v) is 9.07. The topological polar surface area (TPSA) is 107 Å². The molecule has 4 rings (SSSR count). The number of benzene rings is 3. The number of amides is 1. The number of carbonyl (C=O) groups excluding carboxylic acids is 1. The van der Waals surface area contributed by atoms with Crippen LogP contribution in [0.5, 0.6) is 0 Å². The Labute approximate surface area is 214 Å². The zero-order chi connectivity index (χ0) is 25.5.